The first kappa shape index (κ1) is 8.34. The maximum absolute atomic E-state index is 11.2. The number of rotatable bonds is 1. The lowest BCUT2D eigenvalue weighted by Crippen LogP contribution is -2.42. The van der Waals surface area contributed by atoms with Crippen LogP contribution in [0.5, 0.6) is 0 Å². The van der Waals surface area contributed by atoms with Crippen LogP contribution < -0.4 is 5.32 Å². The summed E-state index contributed by atoms with van der Waals surface area (Å²) >= 11 is 0. The monoisotopic (exact) mass is 185 g/mol. The minimum absolute atomic E-state index is 0.0318. The number of carbonyl (C=O) groups is 2. The molecule has 2 aliphatic rings. The van der Waals surface area contributed by atoms with E-state index in [0.29, 0.717) is 12.8 Å². The van der Waals surface area contributed by atoms with E-state index < -0.39 is 6.09 Å². The first-order valence-electron chi connectivity index (χ1n) is 4.37. The molecule has 0 unspecified atom stereocenters. The summed E-state index contributed by atoms with van der Waals surface area (Å²) in [5.74, 6) is -0.504. The predicted molar refractivity (Wildman–Crippen MR) is 42.2 cm³/mol. The minimum Gasteiger partial charge on any atom is -0.465 e. The van der Waals surface area contributed by atoms with Gasteiger partial charge in [-0.1, -0.05) is 0 Å². The van der Waals surface area contributed by atoms with Crippen LogP contribution in [0, 0.1) is 5.92 Å². The van der Waals surface area contributed by atoms with Crippen molar-refractivity contribution < 1.29 is 19.4 Å². The van der Waals surface area contributed by atoms with Gasteiger partial charge in [-0.25, -0.2) is 4.79 Å². The highest BCUT2D eigenvalue weighted by Crippen LogP contribution is 2.34. The summed E-state index contributed by atoms with van der Waals surface area (Å²) in [6, 6.07) is -0.247. The van der Waals surface area contributed by atoms with Gasteiger partial charge in [0, 0.05) is 6.04 Å². The molecule has 0 radical (unpaired) electrons. The first-order valence-corrected chi connectivity index (χ1v) is 4.37. The Morgan fingerprint density at radius 2 is 2.31 bits per heavy atom. The van der Waals surface area contributed by atoms with Crippen molar-refractivity contribution in [1.82, 2.24) is 5.32 Å². The Labute approximate surface area is 75.1 Å². The van der Waals surface area contributed by atoms with Gasteiger partial charge in [0.1, 0.15) is 6.10 Å². The summed E-state index contributed by atoms with van der Waals surface area (Å²) in [5.41, 5.74) is 0. The van der Waals surface area contributed by atoms with E-state index in [9.17, 15) is 9.59 Å². The first-order chi connectivity index (χ1) is 6.16. The van der Waals surface area contributed by atoms with Gasteiger partial charge in [-0.05, 0) is 19.3 Å². The molecule has 0 aromatic carbocycles. The van der Waals surface area contributed by atoms with Gasteiger partial charge in [0.05, 0.1) is 5.92 Å². The zero-order chi connectivity index (χ0) is 9.42. The Morgan fingerprint density at radius 3 is 3.00 bits per heavy atom. The van der Waals surface area contributed by atoms with Crippen LogP contribution in [0.15, 0.2) is 0 Å². The lowest BCUT2D eigenvalue weighted by molar-refractivity contribution is -0.143. The third kappa shape index (κ3) is 1.46. The third-order valence-corrected chi connectivity index (χ3v) is 2.70. The van der Waals surface area contributed by atoms with Gasteiger partial charge in [-0.15, -0.1) is 0 Å². The van der Waals surface area contributed by atoms with Crippen LogP contribution in [0.4, 0.5) is 4.79 Å². The van der Waals surface area contributed by atoms with Gasteiger partial charge in [0.15, 0.2) is 0 Å². The number of ether oxygens (including phenoxy) is 1. The summed E-state index contributed by atoms with van der Waals surface area (Å²) in [6.45, 7) is 0. The van der Waals surface area contributed by atoms with Gasteiger partial charge in [0.25, 0.3) is 0 Å². The molecule has 0 aromatic heterocycles. The molecule has 2 N–H and O–H groups in total. The van der Waals surface area contributed by atoms with Gasteiger partial charge >= 0.3 is 12.1 Å². The van der Waals surface area contributed by atoms with Crippen molar-refractivity contribution in [3.05, 3.63) is 0 Å². The normalized spacial score (nSPS) is 36.9. The molecule has 3 atom stereocenters. The fraction of sp³-hybridized carbons (Fsp3) is 0.750. The molecule has 1 aliphatic carbocycles. The SMILES string of the molecule is O=C(O)N[C@H]1CC[C@@H]2C[C@@H]1C(=O)O2. The Balaban J connectivity index is 2.04. The standard InChI is InChI=1S/C8H11NO4/c10-7-5-3-4(13-7)1-2-6(5)9-8(11)12/h4-6,9H,1-3H2,(H,11,12)/t4-,5+,6+/m1/s1. The zero-order valence-corrected chi connectivity index (χ0v) is 7.03. The number of carbonyl (C=O) groups excluding carboxylic acids is 1. The highest BCUT2D eigenvalue weighted by atomic mass is 16.6. The van der Waals surface area contributed by atoms with E-state index in [4.69, 9.17) is 9.84 Å². The third-order valence-electron chi connectivity index (χ3n) is 2.70. The van der Waals surface area contributed by atoms with Crippen molar-refractivity contribution in [2.45, 2.75) is 31.4 Å². The van der Waals surface area contributed by atoms with Crippen LogP contribution in [0.1, 0.15) is 19.3 Å². The fourth-order valence-electron chi connectivity index (χ4n) is 2.08. The van der Waals surface area contributed by atoms with Crippen LogP contribution in [0.2, 0.25) is 0 Å². The molecule has 2 rings (SSSR count). The Morgan fingerprint density at radius 1 is 1.54 bits per heavy atom. The van der Waals surface area contributed by atoms with Crippen molar-refractivity contribution in [3.8, 4) is 0 Å². The van der Waals surface area contributed by atoms with E-state index in [0.717, 1.165) is 6.42 Å². The second-order valence-corrected chi connectivity index (χ2v) is 3.53. The Kier molecular flexibility index (Phi) is 1.86. The van der Waals surface area contributed by atoms with E-state index in [-0.39, 0.29) is 24.0 Å². The molecular formula is C8H11NO4. The molecular weight excluding hydrogens is 174 g/mol. The van der Waals surface area contributed by atoms with Crippen LogP contribution in [-0.2, 0) is 9.53 Å². The van der Waals surface area contributed by atoms with Gasteiger partial charge in [-0.3, -0.25) is 4.79 Å². The molecule has 5 nitrogen and oxygen atoms in total. The van der Waals surface area contributed by atoms with Crippen molar-refractivity contribution in [2.75, 3.05) is 0 Å². The Bertz CT molecular complexity index is 253. The molecule has 2 bridgehead atoms. The van der Waals surface area contributed by atoms with Gasteiger partial charge < -0.3 is 15.2 Å². The quantitative estimate of drug-likeness (QED) is 0.578. The second kappa shape index (κ2) is 2.90. The number of hydrogen-bond donors (Lipinski definition) is 2. The summed E-state index contributed by atoms with van der Waals surface area (Å²) < 4.78 is 5.03. The van der Waals surface area contributed by atoms with Crippen LogP contribution in [0.3, 0.4) is 0 Å². The maximum Gasteiger partial charge on any atom is 0.404 e. The molecule has 5 heteroatoms. The highest BCUT2D eigenvalue weighted by molar-refractivity contribution is 5.77. The van der Waals surface area contributed by atoms with E-state index >= 15 is 0 Å². The number of esters is 1. The van der Waals surface area contributed by atoms with E-state index in [1.807, 2.05) is 0 Å². The number of fused-ring (bicyclic) bond motifs is 2. The lowest BCUT2D eigenvalue weighted by Gasteiger charge is -2.24. The number of carboxylic acid groups (broad SMARTS) is 1. The average Bonchev–Trinajstić information content (AvgIpc) is 2.34. The number of amides is 1. The lowest BCUT2D eigenvalue weighted by atomic mass is 9.85. The molecule has 1 saturated carbocycles. The molecule has 1 heterocycles. The summed E-state index contributed by atoms with van der Waals surface area (Å²) in [7, 11) is 0. The summed E-state index contributed by atoms with van der Waals surface area (Å²) in [5, 5.41) is 10.9. The molecule has 13 heavy (non-hydrogen) atoms. The largest absolute Gasteiger partial charge is 0.465 e. The molecule has 2 fully saturated rings. The molecule has 72 valence electrons. The van der Waals surface area contributed by atoms with Crippen LogP contribution in [0.25, 0.3) is 0 Å². The van der Waals surface area contributed by atoms with Gasteiger partial charge in [0.2, 0.25) is 0 Å². The minimum atomic E-state index is -1.07. The van der Waals surface area contributed by atoms with Crippen molar-refractivity contribution in [1.29, 1.82) is 0 Å². The second-order valence-electron chi connectivity index (χ2n) is 3.53. The zero-order valence-electron chi connectivity index (χ0n) is 7.03. The molecule has 1 amide bonds. The van der Waals surface area contributed by atoms with Crippen LogP contribution in [-0.4, -0.2) is 29.3 Å². The molecule has 0 aromatic rings. The highest BCUT2D eigenvalue weighted by Gasteiger charge is 2.44. The van der Waals surface area contributed by atoms with Crippen LogP contribution >= 0.6 is 0 Å². The maximum atomic E-state index is 11.2. The molecule has 0 spiro atoms. The van der Waals surface area contributed by atoms with E-state index in [2.05, 4.69) is 5.32 Å². The van der Waals surface area contributed by atoms with Crippen molar-refractivity contribution >= 4 is 12.1 Å². The summed E-state index contributed by atoms with van der Waals surface area (Å²) in [6.07, 6.45) is 1.11. The topological polar surface area (TPSA) is 75.6 Å². The number of hydrogen-bond acceptors (Lipinski definition) is 3. The number of nitrogens with one attached hydrogen (secondary N) is 1. The summed E-state index contributed by atoms with van der Waals surface area (Å²) in [4.78, 5) is 21.6. The van der Waals surface area contributed by atoms with Crippen molar-refractivity contribution in [2.24, 2.45) is 5.92 Å². The smallest absolute Gasteiger partial charge is 0.404 e. The van der Waals surface area contributed by atoms with E-state index in [1.54, 1.807) is 0 Å². The Hall–Kier alpha value is -1.26. The van der Waals surface area contributed by atoms with Crippen molar-refractivity contribution in [3.63, 3.8) is 0 Å². The van der Waals surface area contributed by atoms with E-state index in [1.165, 1.54) is 0 Å². The van der Waals surface area contributed by atoms with Gasteiger partial charge in [-0.2, -0.15) is 0 Å². The molecule has 1 aliphatic heterocycles. The molecule has 1 saturated heterocycles. The predicted octanol–water partition coefficient (Wildman–Crippen LogP) is 0.348. The average molecular weight is 185 g/mol. The fourth-order valence-corrected chi connectivity index (χ4v) is 2.08.